The minimum atomic E-state index is -4.02. The molecule has 0 atom stereocenters. The van der Waals surface area contributed by atoms with E-state index in [2.05, 4.69) is 32.9 Å². The molecule has 9 heteroatoms. The highest BCUT2D eigenvalue weighted by Crippen LogP contribution is 2.31. The summed E-state index contributed by atoms with van der Waals surface area (Å²) in [6, 6.07) is 20.7. The number of thioether (sulfide) groups is 1. The van der Waals surface area contributed by atoms with E-state index in [1.165, 1.54) is 23.9 Å². The van der Waals surface area contributed by atoms with Gasteiger partial charge in [0.25, 0.3) is 5.91 Å². The molecule has 1 fully saturated rings. The molecule has 1 N–H and O–H groups in total. The number of aryl methyl sites for hydroxylation is 1. The second kappa shape index (κ2) is 9.47. The van der Waals surface area contributed by atoms with Gasteiger partial charge in [-0.1, -0.05) is 35.9 Å². The third kappa shape index (κ3) is 5.40. The Morgan fingerprint density at radius 2 is 1.69 bits per heavy atom. The highest BCUT2D eigenvalue weighted by Gasteiger charge is 2.25. The molecule has 0 spiro atoms. The van der Waals surface area contributed by atoms with Crippen LogP contribution in [0.5, 0.6) is 5.75 Å². The zero-order valence-electron chi connectivity index (χ0n) is 16.8. The topological polar surface area (TPSA) is 84.8 Å². The van der Waals surface area contributed by atoms with E-state index < -0.39 is 10.1 Å². The first-order valence-corrected chi connectivity index (χ1v) is 12.8. The third-order valence-corrected chi connectivity index (χ3v) is 7.30. The molecule has 3 aromatic rings. The average molecular weight is 576 g/mol. The molecule has 0 radical (unpaired) electrons. The van der Waals surface area contributed by atoms with Crippen LogP contribution in [-0.4, -0.2) is 19.5 Å². The number of para-hydroxylation sites is 1. The van der Waals surface area contributed by atoms with Gasteiger partial charge in [0.1, 0.15) is 10.6 Å². The number of nitrogens with one attached hydrogen (secondary N) is 1. The van der Waals surface area contributed by atoms with Gasteiger partial charge < -0.3 is 9.50 Å². The van der Waals surface area contributed by atoms with E-state index in [-0.39, 0.29) is 16.6 Å². The summed E-state index contributed by atoms with van der Waals surface area (Å²) in [4.78, 5) is 17.3. The Morgan fingerprint density at radius 3 is 2.41 bits per heavy atom. The molecule has 1 amide bonds. The molecule has 0 bridgehead atoms. The number of aliphatic imine (C=N–C) groups is 1. The van der Waals surface area contributed by atoms with Crippen LogP contribution in [0.2, 0.25) is 0 Å². The molecule has 162 valence electrons. The van der Waals surface area contributed by atoms with Crippen LogP contribution >= 0.6 is 34.4 Å². The van der Waals surface area contributed by atoms with Gasteiger partial charge in [-0.3, -0.25) is 4.79 Å². The molecule has 1 heterocycles. The van der Waals surface area contributed by atoms with Crippen molar-refractivity contribution < 1.29 is 17.4 Å². The minimum absolute atomic E-state index is 0.0606. The van der Waals surface area contributed by atoms with Gasteiger partial charge in [-0.2, -0.15) is 8.42 Å². The van der Waals surface area contributed by atoms with Gasteiger partial charge >= 0.3 is 10.1 Å². The Hall–Kier alpha value is -2.63. The van der Waals surface area contributed by atoms with Gasteiger partial charge in [0.15, 0.2) is 5.17 Å². The number of rotatable bonds is 5. The molecule has 1 aliphatic heterocycles. The molecule has 32 heavy (non-hydrogen) atoms. The molecule has 0 aromatic heterocycles. The van der Waals surface area contributed by atoms with Gasteiger partial charge in [0.05, 0.1) is 10.6 Å². The van der Waals surface area contributed by atoms with E-state index in [0.29, 0.717) is 15.6 Å². The summed E-state index contributed by atoms with van der Waals surface area (Å²) >= 11 is 3.39. The zero-order chi connectivity index (χ0) is 22.7. The second-order valence-electron chi connectivity index (χ2n) is 6.85. The van der Waals surface area contributed by atoms with Crippen LogP contribution in [0.4, 0.5) is 5.69 Å². The monoisotopic (exact) mass is 576 g/mol. The molecule has 0 saturated carbocycles. The van der Waals surface area contributed by atoms with E-state index in [0.717, 1.165) is 14.8 Å². The first-order valence-electron chi connectivity index (χ1n) is 9.45. The Balaban J connectivity index is 1.59. The number of amidine groups is 1. The molecule has 1 aliphatic rings. The number of carbonyl (C=O) groups is 1. The number of benzene rings is 3. The number of amides is 1. The van der Waals surface area contributed by atoms with E-state index >= 15 is 0 Å². The quantitative estimate of drug-likeness (QED) is 0.255. The lowest BCUT2D eigenvalue weighted by Gasteiger charge is -2.10. The van der Waals surface area contributed by atoms with Crippen LogP contribution < -0.4 is 9.50 Å². The molecule has 1 saturated heterocycles. The maximum Gasteiger partial charge on any atom is 0.339 e. The molecule has 0 unspecified atom stereocenters. The Labute approximate surface area is 204 Å². The maximum absolute atomic E-state index is 12.7. The van der Waals surface area contributed by atoms with Gasteiger partial charge in [0, 0.05) is 9.13 Å². The molecular formula is C23H17IN2O4S2. The lowest BCUT2D eigenvalue weighted by atomic mass is 10.2. The van der Waals surface area contributed by atoms with Gasteiger partial charge in [-0.05, 0) is 89.8 Å². The van der Waals surface area contributed by atoms with Crippen molar-refractivity contribution in [1.82, 2.24) is 5.32 Å². The maximum atomic E-state index is 12.7. The van der Waals surface area contributed by atoms with E-state index in [1.807, 2.05) is 31.2 Å². The highest BCUT2D eigenvalue weighted by atomic mass is 127. The van der Waals surface area contributed by atoms with Crippen LogP contribution in [-0.2, 0) is 14.9 Å². The summed E-state index contributed by atoms with van der Waals surface area (Å²) in [5.74, 6) is -0.174. The van der Waals surface area contributed by atoms with E-state index in [9.17, 15) is 13.2 Å². The molecule has 6 nitrogen and oxygen atoms in total. The summed E-state index contributed by atoms with van der Waals surface area (Å²) < 4.78 is 31.9. The Bertz CT molecular complexity index is 1330. The van der Waals surface area contributed by atoms with E-state index in [4.69, 9.17) is 4.18 Å². The molecule has 0 aliphatic carbocycles. The predicted octanol–water partition coefficient (Wildman–Crippen LogP) is 5.26. The normalized spacial score (nSPS) is 16.4. The van der Waals surface area contributed by atoms with Crippen molar-refractivity contribution >= 4 is 67.3 Å². The van der Waals surface area contributed by atoms with Crippen molar-refractivity contribution in [2.45, 2.75) is 11.8 Å². The number of nitrogens with zero attached hydrogens (tertiary/aromatic N) is 1. The summed E-state index contributed by atoms with van der Waals surface area (Å²) in [7, 11) is -4.02. The lowest BCUT2D eigenvalue weighted by molar-refractivity contribution is -0.115. The fourth-order valence-corrected chi connectivity index (χ4v) is 4.95. The number of carbonyl (C=O) groups excluding carboxylic acids is 1. The van der Waals surface area contributed by atoms with Crippen LogP contribution in [0.3, 0.4) is 0 Å². The van der Waals surface area contributed by atoms with Crippen molar-refractivity contribution in [3.8, 4) is 5.75 Å². The smallest absolute Gasteiger partial charge is 0.339 e. The number of hydrogen-bond donors (Lipinski definition) is 1. The van der Waals surface area contributed by atoms with Crippen molar-refractivity contribution in [1.29, 1.82) is 0 Å². The first-order chi connectivity index (χ1) is 15.3. The Morgan fingerprint density at radius 1 is 1.00 bits per heavy atom. The predicted molar refractivity (Wildman–Crippen MR) is 135 cm³/mol. The van der Waals surface area contributed by atoms with Crippen LogP contribution in [0, 0.1) is 10.5 Å². The zero-order valence-corrected chi connectivity index (χ0v) is 20.6. The largest absolute Gasteiger partial charge is 0.378 e. The van der Waals surface area contributed by atoms with Gasteiger partial charge in [-0.25, -0.2) is 4.99 Å². The third-order valence-electron chi connectivity index (χ3n) is 4.42. The van der Waals surface area contributed by atoms with E-state index in [1.54, 1.807) is 42.5 Å². The van der Waals surface area contributed by atoms with Crippen LogP contribution in [0.1, 0.15) is 11.1 Å². The summed E-state index contributed by atoms with van der Waals surface area (Å²) in [6.07, 6.45) is 1.59. The van der Waals surface area contributed by atoms with Crippen molar-refractivity contribution in [3.63, 3.8) is 0 Å². The summed E-state index contributed by atoms with van der Waals surface area (Å²) in [6.45, 7) is 1.87. The fraction of sp³-hybridized carbons (Fsp3) is 0.0435. The number of halogens is 1. The van der Waals surface area contributed by atoms with Crippen molar-refractivity contribution in [2.24, 2.45) is 4.99 Å². The van der Waals surface area contributed by atoms with Crippen LogP contribution in [0.15, 0.2) is 87.6 Å². The lowest BCUT2D eigenvalue weighted by Crippen LogP contribution is -2.19. The summed E-state index contributed by atoms with van der Waals surface area (Å²) in [5, 5.41) is 3.18. The molecule has 3 aromatic carbocycles. The van der Waals surface area contributed by atoms with Gasteiger partial charge in [0.2, 0.25) is 0 Å². The highest BCUT2D eigenvalue weighted by molar-refractivity contribution is 14.1. The standard InChI is InChI=1S/C23H17IN2O4S2/c1-15-6-12-19(13-7-15)32(28,29)30-20-5-3-2-4-16(20)14-21-22(27)26-23(31-21)25-18-10-8-17(24)9-11-18/h2-14H,1H3,(H,25,26,27)/b21-14+. The second-order valence-corrected chi connectivity index (χ2v) is 10.7. The minimum Gasteiger partial charge on any atom is -0.378 e. The van der Waals surface area contributed by atoms with Crippen molar-refractivity contribution in [2.75, 3.05) is 0 Å². The molecular weight excluding hydrogens is 559 g/mol. The number of hydrogen-bond acceptors (Lipinski definition) is 6. The first kappa shape index (κ1) is 22.6. The average Bonchev–Trinajstić information content (AvgIpc) is 3.10. The Kier molecular flexibility index (Phi) is 6.68. The van der Waals surface area contributed by atoms with Gasteiger partial charge in [-0.15, -0.1) is 0 Å². The van der Waals surface area contributed by atoms with Crippen LogP contribution in [0.25, 0.3) is 6.08 Å². The SMILES string of the molecule is Cc1ccc(S(=O)(=O)Oc2ccccc2/C=C2/SC(=Nc3ccc(I)cc3)NC2=O)cc1. The van der Waals surface area contributed by atoms with Crippen molar-refractivity contribution in [3.05, 3.63) is 92.4 Å². The molecule has 4 rings (SSSR count). The summed E-state index contributed by atoms with van der Waals surface area (Å²) in [5.41, 5.74) is 2.14. The fourth-order valence-electron chi connectivity index (χ4n) is 2.80.